The van der Waals surface area contributed by atoms with E-state index in [-0.39, 0.29) is 5.97 Å². The number of carbonyl (C=O) groups is 1. The van der Waals surface area contributed by atoms with Gasteiger partial charge in [0.1, 0.15) is 0 Å². The number of esters is 1. The molecule has 0 bridgehead atoms. The third-order valence-electron chi connectivity index (χ3n) is 4.12. The van der Waals surface area contributed by atoms with Gasteiger partial charge in [-0.2, -0.15) is 0 Å². The average molecular weight is 290 g/mol. The molecule has 21 heavy (non-hydrogen) atoms. The number of nitrogens with zero attached hydrogens (tertiary/aromatic N) is 1. The van der Waals surface area contributed by atoms with E-state index in [9.17, 15) is 4.79 Å². The molecule has 0 aromatic heterocycles. The first kappa shape index (κ1) is 16.0. The maximum Gasteiger partial charge on any atom is 0.337 e. The van der Waals surface area contributed by atoms with Crippen LogP contribution in [0.2, 0.25) is 0 Å². The fraction of sp³-hybridized carbons (Fsp3) is 0.588. The van der Waals surface area contributed by atoms with Gasteiger partial charge >= 0.3 is 5.97 Å². The lowest BCUT2D eigenvalue weighted by Crippen LogP contribution is -2.50. The van der Waals surface area contributed by atoms with Crippen molar-refractivity contribution in [2.75, 3.05) is 26.7 Å². The molecule has 0 aliphatic carbocycles. The Kier molecular flexibility index (Phi) is 6.21. The van der Waals surface area contributed by atoms with Gasteiger partial charge in [-0.3, -0.25) is 4.90 Å². The van der Waals surface area contributed by atoms with Gasteiger partial charge in [0.05, 0.1) is 12.7 Å². The van der Waals surface area contributed by atoms with Crippen LogP contribution in [0, 0.1) is 0 Å². The highest BCUT2D eigenvalue weighted by Crippen LogP contribution is 2.15. The number of carbonyl (C=O) groups excluding carboxylic acids is 1. The molecule has 1 fully saturated rings. The van der Waals surface area contributed by atoms with Gasteiger partial charge in [0.15, 0.2) is 0 Å². The Labute approximate surface area is 127 Å². The van der Waals surface area contributed by atoms with Crippen LogP contribution >= 0.6 is 0 Å². The minimum Gasteiger partial charge on any atom is -0.465 e. The Balaban J connectivity index is 1.96. The zero-order chi connectivity index (χ0) is 15.1. The summed E-state index contributed by atoms with van der Waals surface area (Å²) in [6, 6.07) is 8.39. The molecule has 1 saturated heterocycles. The van der Waals surface area contributed by atoms with Gasteiger partial charge in [0.2, 0.25) is 0 Å². The van der Waals surface area contributed by atoms with Crippen LogP contribution < -0.4 is 5.32 Å². The first-order chi connectivity index (χ1) is 10.2. The number of piperazine rings is 1. The zero-order valence-corrected chi connectivity index (χ0v) is 13.1. The summed E-state index contributed by atoms with van der Waals surface area (Å²) in [6.07, 6.45) is 3.78. The summed E-state index contributed by atoms with van der Waals surface area (Å²) in [4.78, 5) is 14.0. The Morgan fingerprint density at radius 3 is 2.81 bits per heavy atom. The van der Waals surface area contributed by atoms with E-state index in [0.717, 1.165) is 26.2 Å². The fourth-order valence-electron chi connectivity index (χ4n) is 2.83. The van der Waals surface area contributed by atoms with Crippen molar-refractivity contribution in [1.29, 1.82) is 0 Å². The van der Waals surface area contributed by atoms with Crippen LogP contribution in [0.5, 0.6) is 0 Å². The van der Waals surface area contributed by atoms with Crippen LogP contribution in [0.1, 0.15) is 42.1 Å². The largest absolute Gasteiger partial charge is 0.465 e. The van der Waals surface area contributed by atoms with Gasteiger partial charge in [0, 0.05) is 32.2 Å². The number of unbranched alkanes of at least 4 members (excludes halogenated alkanes) is 1. The van der Waals surface area contributed by atoms with Gasteiger partial charge in [-0.05, 0) is 24.1 Å². The van der Waals surface area contributed by atoms with Crippen molar-refractivity contribution in [2.45, 2.75) is 38.8 Å². The highest BCUT2D eigenvalue weighted by molar-refractivity contribution is 5.89. The summed E-state index contributed by atoms with van der Waals surface area (Å²) in [5.74, 6) is -0.274. The number of ether oxygens (including phenoxy) is 1. The number of benzene rings is 1. The molecule has 4 heteroatoms. The van der Waals surface area contributed by atoms with Crippen molar-refractivity contribution >= 4 is 5.97 Å². The lowest BCUT2D eigenvalue weighted by Gasteiger charge is -2.36. The molecular formula is C17H26N2O2. The summed E-state index contributed by atoms with van der Waals surface area (Å²) in [5, 5.41) is 3.49. The number of nitrogens with one attached hydrogen (secondary N) is 1. The molecule has 2 rings (SSSR count). The summed E-state index contributed by atoms with van der Waals surface area (Å²) in [6.45, 7) is 6.43. The van der Waals surface area contributed by atoms with Crippen LogP contribution in [0.4, 0.5) is 0 Å². The van der Waals surface area contributed by atoms with E-state index in [1.54, 1.807) is 0 Å². The van der Waals surface area contributed by atoms with Gasteiger partial charge in [0.25, 0.3) is 0 Å². The van der Waals surface area contributed by atoms with Crippen molar-refractivity contribution < 1.29 is 9.53 Å². The Morgan fingerprint density at radius 2 is 2.14 bits per heavy atom. The van der Waals surface area contributed by atoms with Crippen molar-refractivity contribution in [3.8, 4) is 0 Å². The van der Waals surface area contributed by atoms with E-state index in [4.69, 9.17) is 4.74 Å². The second kappa shape index (κ2) is 8.15. The van der Waals surface area contributed by atoms with Crippen LogP contribution in [-0.2, 0) is 11.3 Å². The first-order valence-electron chi connectivity index (χ1n) is 7.86. The van der Waals surface area contributed by atoms with Crippen LogP contribution in [0.3, 0.4) is 0 Å². The molecule has 0 saturated carbocycles. The van der Waals surface area contributed by atoms with Crippen LogP contribution in [0.15, 0.2) is 24.3 Å². The molecular weight excluding hydrogens is 264 g/mol. The molecule has 4 nitrogen and oxygen atoms in total. The molecule has 1 aliphatic heterocycles. The third kappa shape index (κ3) is 4.55. The molecule has 0 radical (unpaired) electrons. The maximum atomic E-state index is 11.4. The minimum atomic E-state index is -0.274. The maximum absolute atomic E-state index is 11.4. The second-order valence-electron chi connectivity index (χ2n) is 5.66. The smallest absolute Gasteiger partial charge is 0.337 e. The van der Waals surface area contributed by atoms with Crippen molar-refractivity contribution in [3.05, 3.63) is 35.4 Å². The van der Waals surface area contributed by atoms with E-state index in [0.29, 0.717) is 11.6 Å². The Hall–Kier alpha value is -1.39. The zero-order valence-electron chi connectivity index (χ0n) is 13.1. The molecule has 0 spiro atoms. The Morgan fingerprint density at radius 1 is 1.38 bits per heavy atom. The van der Waals surface area contributed by atoms with E-state index in [1.165, 1.54) is 31.9 Å². The molecule has 1 aromatic rings. The van der Waals surface area contributed by atoms with Gasteiger partial charge in [-0.25, -0.2) is 4.79 Å². The molecule has 1 aliphatic rings. The number of methoxy groups -OCH3 is 1. The highest BCUT2D eigenvalue weighted by Gasteiger charge is 2.21. The normalized spacial score (nSPS) is 19.4. The van der Waals surface area contributed by atoms with Crippen LogP contribution in [-0.4, -0.2) is 43.7 Å². The minimum absolute atomic E-state index is 0.274. The predicted octanol–water partition coefficient (Wildman–Crippen LogP) is 2.44. The van der Waals surface area contributed by atoms with Crippen LogP contribution in [0.25, 0.3) is 0 Å². The molecule has 1 atom stereocenters. The molecule has 0 amide bonds. The first-order valence-corrected chi connectivity index (χ1v) is 7.86. The van der Waals surface area contributed by atoms with E-state index >= 15 is 0 Å². The molecule has 1 N–H and O–H groups in total. The summed E-state index contributed by atoms with van der Waals surface area (Å²) in [7, 11) is 1.41. The van der Waals surface area contributed by atoms with E-state index in [2.05, 4.69) is 17.1 Å². The quantitative estimate of drug-likeness (QED) is 0.817. The molecule has 1 aromatic carbocycles. The molecule has 0 unspecified atom stereocenters. The number of rotatable bonds is 6. The third-order valence-corrected chi connectivity index (χ3v) is 4.12. The number of hydrogen-bond acceptors (Lipinski definition) is 4. The Bertz CT molecular complexity index is 445. The summed E-state index contributed by atoms with van der Waals surface area (Å²) in [5.41, 5.74) is 1.87. The molecule has 116 valence electrons. The summed E-state index contributed by atoms with van der Waals surface area (Å²) < 4.78 is 4.73. The lowest BCUT2D eigenvalue weighted by molar-refractivity contribution is 0.0600. The van der Waals surface area contributed by atoms with E-state index in [1.807, 2.05) is 24.3 Å². The second-order valence-corrected chi connectivity index (χ2v) is 5.66. The monoisotopic (exact) mass is 290 g/mol. The lowest BCUT2D eigenvalue weighted by atomic mass is 10.0. The van der Waals surface area contributed by atoms with Gasteiger partial charge in [-0.15, -0.1) is 0 Å². The predicted molar refractivity (Wildman–Crippen MR) is 84.4 cm³/mol. The van der Waals surface area contributed by atoms with Crippen molar-refractivity contribution in [1.82, 2.24) is 10.2 Å². The SMILES string of the molecule is CCCC[C@H]1CNCCN1Cc1ccc(C(=O)OC)cc1. The van der Waals surface area contributed by atoms with Gasteiger partial charge < -0.3 is 10.1 Å². The fourth-order valence-corrected chi connectivity index (χ4v) is 2.83. The van der Waals surface area contributed by atoms with Gasteiger partial charge in [-0.1, -0.05) is 31.9 Å². The topological polar surface area (TPSA) is 41.6 Å². The standard InChI is InChI=1S/C17H26N2O2/c1-3-4-5-16-12-18-10-11-19(16)13-14-6-8-15(9-7-14)17(20)21-2/h6-9,16,18H,3-5,10-13H2,1-2H3/t16-/m0/s1. The summed E-state index contributed by atoms with van der Waals surface area (Å²) >= 11 is 0. The van der Waals surface area contributed by atoms with Crippen molar-refractivity contribution in [3.63, 3.8) is 0 Å². The highest BCUT2D eigenvalue weighted by atomic mass is 16.5. The average Bonchev–Trinajstić information content (AvgIpc) is 2.54. The molecule has 1 heterocycles. The van der Waals surface area contributed by atoms with Crippen molar-refractivity contribution in [2.24, 2.45) is 0 Å². The number of hydrogen-bond donors (Lipinski definition) is 1. The van der Waals surface area contributed by atoms with E-state index < -0.39 is 0 Å².